The number of nitrogens with one attached hydrogen (secondary N) is 2. The van der Waals surface area contributed by atoms with E-state index in [2.05, 4.69) is 4.98 Å². The van der Waals surface area contributed by atoms with Gasteiger partial charge in [-0.2, -0.15) is 0 Å². The van der Waals surface area contributed by atoms with Crippen molar-refractivity contribution in [3.8, 4) is 0 Å². The molecule has 0 radical (unpaired) electrons. The summed E-state index contributed by atoms with van der Waals surface area (Å²) in [5.74, 6) is -0.604. The molecule has 2 aromatic carbocycles. The zero-order valence-corrected chi connectivity index (χ0v) is 21.7. The molecule has 8 nitrogen and oxygen atoms in total. The number of fused-ring (bicyclic) bond motifs is 4. The number of carbonyl (C=O) groups is 3. The molecule has 37 heavy (non-hydrogen) atoms. The van der Waals surface area contributed by atoms with Gasteiger partial charge < -0.3 is 14.8 Å². The highest BCUT2D eigenvalue weighted by Crippen LogP contribution is 2.45. The number of carbonyl (C=O) groups excluding carboxylic acids is 3. The minimum atomic E-state index is -0.638. The molecule has 0 unspecified atom stereocenters. The van der Waals surface area contributed by atoms with Crippen molar-refractivity contribution in [2.24, 2.45) is 0 Å². The van der Waals surface area contributed by atoms with Gasteiger partial charge in [0.15, 0.2) is 0 Å². The van der Waals surface area contributed by atoms with E-state index in [4.69, 9.17) is 28.4 Å². The summed E-state index contributed by atoms with van der Waals surface area (Å²) in [6.45, 7) is 0.483. The van der Waals surface area contributed by atoms with Crippen molar-refractivity contribution in [2.75, 3.05) is 13.1 Å². The lowest BCUT2D eigenvalue weighted by Crippen LogP contribution is -2.63. The first-order valence-electron chi connectivity index (χ1n) is 12.5. The van der Waals surface area contributed by atoms with E-state index in [0.29, 0.717) is 35.0 Å². The zero-order valence-electron chi connectivity index (χ0n) is 20.2. The third-order valence-corrected chi connectivity index (χ3v) is 8.16. The van der Waals surface area contributed by atoms with Crippen LogP contribution in [0.3, 0.4) is 0 Å². The largest absolute Gasteiger partial charge is 0.356 e. The van der Waals surface area contributed by atoms with Gasteiger partial charge in [0.05, 0.1) is 22.6 Å². The molecule has 2 atom stereocenters. The number of benzene rings is 2. The summed E-state index contributed by atoms with van der Waals surface area (Å²) >= 11 is 13.0. The van der Waals surface area contributed by atoms with Crippen LogP contribution in [0.2, 0.25) is 10.0 Å². The second-order valence-electron chi connectivity index (χ2n) is 9.59. The van der Waals surface area contributed by atoms with Gasteiger partial charge in [0, 0.05) is 41.5 Å². The molecule has 5 rings (SSSR count). The van der Waals surface area contributed by atoms with Gasteiger partial charge in [-0.1, -0.05) is 66.4 Å². The molecule has 3 aromatic rings. The van der Waals surface area contributed by atoms with Crippen LogP contribution >= 0.6 is 23.2 Å². The van der Waals surface area contributed by atoms with E-state index in [0.717, 1.165) is 41.4 Å². The van der Waals surface area contributed by atoms with E-state index < -0.39 is 18.0 Å². The normalized spacial score (nSPS) is 19.2. The molecule has 2 aliphatic rings. The van der Waals surface area contributed by atoms with Gasteiger partial charge in [-0.3, -0.25) is 19.6 Å². The Bertz CT molecular complexity index is 1360. The van der Waals surface area contributed by atoms with Crippen molar-refractivity contribution in [3.63, 3.8) is 0 Å². The van der Waals surface area contributed by atoms with Crippen molar-refractivity contribution in [2.45, 2.75) is 50.6 Å². The molecule has 3 heterocycles. The van der Waals surface area contributed by atoms with Crippen LogP contribution in [0.1, 0.15) is 55.0 Å². The lowest BCUT2D eigenvalue weighted by molar-refractivity contribution is -0.158. The standard InChI is InChI=1S/C27H28Cl2N4O4/c28-19-10-7-9-17(24(19)29)26-25-18(16-8-4-5-11-20(16)30-25)14-21-27(36)32(15-23(35)33(21)26)13-6-2-1-3-12-22(34)31-37/h4-5,7-11,21,26,30,37H,1-3,6,12-15H2,(H,31,34)/t21-,26+/m1/s1. The van der Waals surface area contributed by atoms with Crippen LogP contribution in [0.25, 0.3) is 10.9 Å². The van der Waals surface area contributed by atoms with Gasteiger partial charge in [-0.15, -0.1) is 0 Å². The molecule has 0 aliphatic carbocycles. The summed E-state index contributed by atoms with van der Waals surface area (Å²) in [5.41, 5.74) is 5.15. The molecular formula is C27H28Cl2N4O4. The predicted molar refractivity (Wildman–Crippen MR) is 141 cm³/mol. The molecule has 1 fully saturated rings. The maximum Gasteiger partial charge on any atom is 0.246 e. The molecule has 1 aromatic heterocycles. The minimum Gasteiger partial charge on any atom is -0.356 e. The zero-order chi connectivity index (χ0) is 26.1. The van der Waals surface area contributed by atoms with Crippen LogP contribution in [0.15, 0.2) is 42.5 Å². The number of hydrogen-bond donors (Lipinski definition) is 3. The number of rotatable bonds is 8. The Hall–Kier alpha value is -3.07. The number of H-pyrrole nitrogens is 1. The fraction of sp³-hybridized carbons (Fsp3) is 0.370. The lowest BCUT2D eigenvalue weighted by Gasteiger charge is -2.47. The number of unbranched alkanes of at least 4 members (excludes halogenated alkanes) is 3. The molecule has 194 valence electrons. The van der Waals surface area contributed by atoms with E-state index in [-0.39, 0.29) is 24.8 Å². The van der Waals surface area contributed by atoms with Gasteiger partial charge in [0.25, 0.3) is 0 Å². The Labute approximate surface area is 224 Å². The number of hydroxylamine groups is 1. The fourth-order valence-corrected chi connectivity index (χ4v) is 5.98. The summed E-state index contributed by atoms with van der Waals surface area (Å²) in [7, 11) is 0. The molecule has 0 bridgehead atoms. The second-order valence-corrected chi connectivity index (χ2v) is 10.4. The molecule has 10 heteroatoms. The quantitative estimate of drug-likeness (QED) is 0.219. The molecule has 3 amide bonds. The van der Waals surface area contributed by atoms with Crippen molar-refractivity contribution in [3.05, 3.63) is 69.3 Å². The Morgan fingerprint density at radius 1 is 1.05 bits per heavy atom. The lowest BCUT2D eigenvalue weighted by atomic mass is 9.86. The van der Waals surface area contributed by atoms with Crippen molar-refractivity contribution >= 4 is 51.8 Å². The monoisotopic (exact) mass is 542 g/mol. The topological polar surface area (TPSA) is 106 Å². The molecule has 2 aliphatic heterocycles. The van der Waals surface area contributed by atoms with Crippen LogP contribution in [0.4, 0.5) is 0 Å². The van der Waals surface area contributed by atoms with Crippen LogP contribution in [-0.4, -0.2) is 56.8 Å². The smallest absolute Gasteiger partial charge is 0.246 e. The number of aromatic nitrogens is 1. The molecular weight excluding hydrogens is 515 g/mol. The number of hydrogen-bond acceptors (Lipinski definition) is 4. The number of amides is 3. The van der Waals surface area contributed by atoms with Gasteiger partial charge >= 0.3 is 0 Å². The highest BCUT2D eigenvalue weighted by molar-refractivity contribution is 6.42. The van der Waals surface area contributed by atoms with Gasteiger partial charge in [0.2, 0.25) is 17.7 Å². The number of para-hydroxylation sites is 1. The first kappa shape index (κ1) is 25.6. The summed E-state index contributed by atoms with van der Waals surface area (Å²) in [5, 5.41) is 10.4. The van der Waals surface area contributed by atoms with Crippen molar-refractivity contribution in [1.82, 2.24) is 20.3 Å². The third-order valence-electron chi connectivity index (χ3n) is 7.32. The molecule has 0 saturated carbocycles. The Morgan fingerprint density at radius 2 is 1.84 bits per heavy atom. The number of piperazine rings is 1. The van der Waals surface area contributed by atoms with E-state index in [1.54, 1.807) is 21.3 Å². The van der Waals surface area contributed by atoms with E-state index in [1.165, 1.54) is 0 Å². The maximum atomic E-state index is 13.7. The summed E-state index contributed by atoms with van der Waals surface area (Å²) in [4.78, 5) is 45.3. The Kier molecular flexibility index (Phi) is 7.42. The summed E-state index contributed by atoms with van der Waals surface area (Å²) in [6.07, 6.45) is 3.68. The Balaban J connectivity index is 1.42. The summed E-state index contributed by atoms with van der Waals surface area (Å²) in [6, 6.07) is 12.1. The number of nitrogens with zero attached hydrogens (tertiary/aromatic N) is 2. The van der Waals surface area contributed by atoms with Crippen LogP contribution in [0.5, 0.6) is 0 Å². The van der Waals surface area contributed by atoms with Gasteiger partial charge in [-0.05, 0) is 30.5 Å². The fourth-order valence-electron chi connectivity index (χ4n) is 5.57. The van der Waals surface area contributed by atoms with E-state index in [1.807, 2.05) is 36.4 Å². The predicted octanol–water partition coefficient (Wildman–Crippen LogP) is 4.62. The first-order chi connectivity index (χ1) is 17.9. The van der Waals surface area contributed by atoms with Crippen molar-refractivity contribution in [1.29, 1.82) is 0 Å². The third kappa shape index (κ3) is 4.81. The summed E-state index contributed by atoms with van der Waals surface area (Å²) < 4.78 is 0. The van der Waals surface area contributed by atoms with E-state index in [9.17, 15) is 14.4 Å². The molecule has 1 saturated heterocycles. The van der Waals surface area contributed by atoms with Crippen LogP contribution in [-0.2, 0) is 20.8 Å². The average Bonchev–Trinajstić information content (AvgIpc) is 3.27. The highest BCUT2D eigenvalue weighted by atomic mass is 35.5. The SMILES string of the molecule is O=C(CCCCCCN1CC(=O)N2[C@@H](c3cccc(Cl)c3Cl)c3[nH]c4ccccc4c3C[C@@H]2C1=O)NO. The Morgan fingerprint density at radius 3 is 2.65 bits per heavy atom. The highest BCUT2D eigenvalue weighted by Gasteiger charge is 2.48. The number of aromatic amines is 1. The van der Waals surface area contributed by atoms with E-state index >= 15 is 0 Å². The van der Waals surface area contributed by atoms with Crippen molar-refractivity contribution < 1.29 is 19.6 Å². The molecule has 0 spiro atoms. The molecule has 3 N–H and O–H groups in total. The average molecular weight is 543 g/mol. The van der Waals surface area contributed by atoms with Gasteiger partial charge in [0.1, 0.15) is 6.04 Å². The minimum absolute atomic E-state index is 0.00645. The first-order valence-corrected chi connectivity index (χ1v) is 13.2. The van der Waals surface area contributed by atoms with Crippen LogP contribution in [0, 0.1) is 0 Å². The second kappa shape index (κ2) is 10.7. The van der Waals surface area contributed by atoms with Crippen LogP contribution < -0.4 is 5.48 Å². The van der Waals surface area contributed by atoms with Gasteiger partial charge in [-0.25, -0.2) is 5.48 Å². The number of halogens is 2. The maximum absolute atomic E-state index is 13.7.